The number of allylic oxidation sites excluding steroid dienone is 2. The molecule has 0 aliphatic heterocycles. The van der Waals surface area contributed by atoms with E-state index < -0.39 is 0 Å². The third-order valence-electron chi connectivity index (χ3n) is 7.07. The van der Waals surface area contributed by atoms with E-state index in [1.54, 1.807) is 12.5 Å². The summed E-state index contributed by atoms with van der Waals surface area (Å²) in [5, 5.41) is 0. The highest BCUT2D eigenvalue weighted by Gasteiger charge is 2.30. The molecule has 0 aromatic carbocycles. The quantitative estimate of drug-likeness (QED) is 0.547. The first kappa shape index (κ1) is 19.9. The van der Waals surface area contributed by atoms with Crippen molar-refractivity contribution in [3.05, 3.63) is 11.3 Å². The minimum Gasteiger partial charge on any atom is -0.497 e. The molecule has 3 aliphatic rings. The zero-order valence-electron chi connectivity index (χ0n) is 16.9. The Morgan fingerprint density at radius 3 is 1.92 bits per heavy atom. The first-order chi connectivity index (χ1) is 12.7. The van der Waals surface area contributed by atoms with E-state index in [2.05, 4.69) is 0 Å². The fourth-order valence-corrected chi connectivity index (χ4v) is 5.33. The summed E-state index contributed by atoms with van der Waals surface area (Å²) in [4.78, 5) is 11.7. The summed E-state index contributed by atoms with van der Waals surface area (Å²) >= 11 is 0. The molecule has 3 rings (SSSR count). The topological polar surface area (TPSA) is 35.5 Å². The van der Waals surface area contributed by atoms with Crippen LogP contribution in [0.25, 0.3) is 0 Å². The molecule has 0 bridgehead atoms. The van der Waals surface area contributed by atoms with Crippen LogP contribution < -0.4 is 0 Å². The van der Waals surface area contributed by atoms with Gasteiger partial charge in [-0.2, -0.15) is 0 Å². The number of hydrogen-bond donors (Lipinski definition) is 0. The molecule has 3 fully saturated rings. The van der Waals surface area contributed by atoms with Gasteiger partial charge in [0.1, 0.15) is 5.78 Å². The molecule has 0 heterocycles. The molecule has 0 amide bonds. The molecule has 0 unspecified atom stereocenters. The van der Waals surface area contributed by atoms with E-state index in [0.717, 1.165) is 44.8 Å². The molecule has 3 aliphatic carbocycles. The SMILES string of the molecule is COCC1CCC(COC(=C2CCCC2)C2CCC(C(C)=O)CC2)CC1. The lowest BCUT2D eigenvalue weighted by molar-refractivity contribution is -0.121. The van der Waals surface area contributed by atoms with E-state index in [0.29, 0.717) is 23.5 Å². The first-order valence-electron chi connectivity index (χ1n) is 11.0. The summed E-state index contributed by atoms with van der Waals surface area (Å²) in [6.45, 7) is 3.59. The second-order valence-electron chi connectivity index (χ2n) is 8.99. The van der Waals surface area contributed by atoms with Crippen LogP contribution in [0.2, 0.25) is 0 Å². The summed E-state index contributed by atoms with van der Waals surface area (Å²) in [5.74, 6) is 4.08. The zero-order valence-corrected chi connectivity index (χ0v) is 16.9. The predicted molar refractivity (Wildman–Crippen MR) is 105 cm³/mol. The van der Waals surface area contributed by atoms with Crippen LogP contribution in [-0.4, -0.2) is 26.1 Å². The molecular formula is C23H38O3. The summed E-state index contributed by atoms with van der Waals surface area (Å²) in [7, 11) is 1.82. The second kappa shape index (κ2) is 9.92. The molecule has 0 atom stereocenters. The van der Waals surface area contributed by atoms with Gasteiger partial charge in [-0.15, -0.1) is 0 Å². The van der Waals surface area contributed by atoms with Crippen molar-refractivity contribution in [1.82, 2.24) is 0 Å². The molecule has 0 radical (unpaired) electrons. The average molecular weight is 363 g/mol. The number of methoxy groups -OCH3 is 1. The Morgan fingerprint density at radius 2 is 1.38 bits per heavy atom. The normalized spacial score (nSPS) is 32.5. The van der Waals surface area contributed by atoms with Crippen molar-refractivity contribution < 1.29 is 14.3 Å². The highest BCUT2D eigenvalue weighted by Crippen LogP contribution is 2.40. The van der Waals surface area contributed by atoms with E-state index >= 15 is 0 Å². The van der Waals surface area contributed by atoms with Gasteiger partial charge in [-0.25, -0.2) is 0 Å². The summed E-state index contributed by atoms with van der Waals surface area (Å²) in [6.07, 6.45) is 14.7. The second-order valence-corrected chi connectivity index (χ2v) is 8.99. The Morgan fingerprint density at radius 1 is 0.846 bits per heavy atom. The first-order valence-corrected chi connectivity index (χ1v) is 11.0. The molecule has 0 N–H and O–H groups in total. The molecule has 26 heavy (non-hydrogen) atoms. The van der Waals surface area contributed by atoms with Gasteiger partial charge >= 0.3 is 0 Å². The van der Waals surface area contributed by atoms with Gasteiger partial charge in [-0.3, -0.25) is 4.79 Å². The van der Waals surface area contributed by atoms with Crippen molar-refractivity contribution in [1.29, 1.82) is 0 Å². The standard InChI is InChI=1S/C23H38O3/c1-17(24)20-11-13-22(14-12-20)23(21-5-3-4-6-21)26-16-19-9-7-18(8-10-19)15-25-2/h18-20,22H,3-16H2,1-2H3. The van der Waals surface area contributed by atoms with Crippen molar-refractivity contribution in [3.8, 4) is 0 Å². The van der Waals surface area contributed by atoms with E-state index in [4.69, 9.17) is 9.47 Å². The Balaban J connectivity index is 1.53. The van der Waals surface area contributed by atoms with Gasteiger partial charge in [0, 0.05) is 25.6 Å². The monoisotopic (exact) mass is 362 g/mol. The third kappa shape index (κ3) is 5.34. The lowest BCUT2D eigenvalue weighted by Gasteiger charge is -2.32. The van der Waals surface area contributed by atoms with Gasteiger partial charge in [0.2, 0.25) is 0 Å². The predicted octanol–water partition coefficient (Wildman–Crippen LogP) is 5.68. The summed E-state index contributed by atoms with van der Waals surface area (Å²) < 4.78 is 11.9. The average Bonchev–Trinajstić information content (AvgIpc) is 3.18. The lowest BCUT2D eigenvalue weighted by atomic mass is 9.78. The Labute approximate surface area is 159 Å². The Hall–Kier alpha value is -0.830. The molecule has 3 heteroatoms. The molecule has 0 aromatic heterocycles. The van der Waals surface area contributed by atoms with Crippen molar-refractivity contribution >= 4 is 5.78 Å². The smallest absolute Gasteiger partial charge is 0.132 e. The van der Waals surface area contributed by atoms with Gasteiger partial charge in [-0.1, -0.05) is 0 Å². The van der Waals surface area contributed by atoms with E-state index in [1.165, 1.54) is 57.1 Å². The highest BCUT2D eigenvalue weighted by atomic mass is 16.5. The number of rotatable bonds is 7. The van der Waals surface area contributed by atoms with Gasteiger partial charge in [0.25, 0.3) is 0 Å². The van der Waals surface area contributed by atoms with Crippen LogP contribution in [0.4, 0.5) is 0 Å². The molecule has 0 aromatic rings. The van der Waals surface area contributed by atoms with Crippen molar-refractivity contribution in [2.75, 3.05) is 20.3 Å². The molecule has 3 saturated carbocycles. The van der Waals surface area contributed by atoms with Crippen molar-refractivity contribution in [3.63, 3.8) is 0 Å². The van der Waals surface area contributed by atoms with Gasteiger partial charge in [-0.05, 0) is 101 Å². The Bertz CT molecular complexity index is 472. The number of ether oxygens (including phenoxy) is 2. The minimum atomic E-state index is 0.303. The molecule has 148 valence electrons. The van der Waals surface area contributed by atoms with E-state index in [9.17, 15) is 4.79 Å². The summed E-state index contributed by atoms with van der Waals surface area (Å²) in [6, 6.07) is 0. The fourth-order valence-electron chi connectivity index (χ4n) is 5.33. The van der Waals surface area contributed by atoms with Crippen LogP contribution in [0.1, 0.15) is 84.0 Å². The minimum absolute atomic E-state index is 0.303. The number of Topliss-reactive ketones (excluding diaryl/α,β-unsaturated/α-hetero) is 1. The van der Waals surface area contributed by atoms with Crippen LogP contribution >= 0.6 is 0 Å². The van der Waals surface area contributed by atoms with Gasteiger partial charge in [0.15, 0.2) is 0 Å². The lowest BCUT2D eigenvalue weighted by Crippen LogP contribution is -2.25. The van der Waals surface area contributed by atoms with E-state index in [-0.39, 0.29) is 0 Å². The van der Waals surface area contributed by atoms with Gasteiger partial charge in [0.05, 0.1) is 12.4 Å². The van der Waals surface area contributed by atoms with Crippen LogP contribution in [0.3, 0.4) is 0 Å². The van der Waals surface area contributed by atoms with Crippen molar-refractivity contribution in [2.24, 2.45) is 23.7 Å². The molecule has 0 spiro atoms. The van der Waals surface area contributed by atoms with Gasteiger partial charge < -0.3 is 9.47 Å². The molecule has 0 saturated heterocycles. The maximum atomic E-state index is 11.7. The summed E-state index contributed by atoms with van der Waals surface area (Å²) in [5.41, 5.74) is 1.60. The van der Waals surface area contributed by atoms with Crippen molar-refractivity contribution in [2.45, 2.75) is 84.0 Å². The number of carbonyl (C=O) groups excluding carboxylic acids is 1. The van der Waals surface area contributed by atoms with Crippen LogP contribution in [0.5, 0.6) is 0 Å². The third-order valence-corrected chi connectivity index (χ3v) is 7.07. The number of carbonyl (C=O) groups is 1. The molecular weight excluding hydrogens is 324 g/mol. The number of ketones is 1. The largest absolute Gasteiger partial charge is 0.497 e. The fraction of sp³-hybridized carbons (Fsp3) is 0.870. The molecule has 3 nitrogen and oxygen atoms in total. The van der Waals surface area contributed by atoms with Crippen LogP contribution in [-0.2, 0) is 14.3 Å². The zero-order chi connectivity index (χ0) is 18.4. The van der Waals surface area contributed by atoms with Crippen LogP contribution in [0, 0.1) is 23.7 Å². The maximum absolute atomic E-state index is 11.7. The number of hydrogen-bond acceptors (Lipinski definition) is 3. The van der Waals surface area contributed by atoms with Crippen LogP contribution in [0.15, 0.2) is 11.3 Å². The highest BCUT2D eigenvalue weighted by molar-refractivity contribution is 5.78. The Kier molecular flexibility index (Phi) is 7.60. The van der Waals surface area contributed by atoms with E-state index in [1.807, 2.05) is 7.11 Å². The maximum Gasteiger partial charge on any atom is 0.132 e.